The Morgan fingerprint density at radius 1 is 1.10 bits per heavy atom. The monoisotopic (exact) mass is 379 g/mol. The second kappa shape index (κ2) is 5.52. The van der Waals surface area contributed by atoms with Gasteiger partial charge in [-0.2, -0.15) is 0 Å². The van der Waals surface area contributed by atoms with Crippen molar-refractivity contribution in [2.24, 2.45) is 0 Å². The van der Waals surface area contributed by atoms with Crippen molar-refractivity contribution in [3.8, 4) is 0 Å². The van der Waals surface area contributed by atoms with E-state index in [1.54, 1.807) is 10.6 Å². The normalized spacial score (nSPS) is 13.2. The molecule has 1 heterocycles. The van der Waals surface area contributed by atoms with Crippen molar-refractivity contribution < 1.29 is 4.79 Å². The highest BCUT2D eigenvalue weighted by Crippen LogP contribution is 2.20. The van der Waals surface area contributed by atoms with Crippen LogP contribution in [-0.4, -0.2) is 10.4 Å². The van der Waals surface area contributed by atoms with Crippen LogP contribution >= 0.6 is 22.6 Å². The Hall–Kier alpha value is -1.43. The van der Waals surface area contributed by atoms with Crippen molar-refractivity contribution in [3.63, 3.8) is 0 Å². The molecular formula is C16H14INO2. The standard InChI is InChI=1S/C16H14INO2/c17-13-7-4-12(5-8-13)15(19)10-18-14-3-1-2-11(14)6-9-16(18)20/h4-9H,1-3,10H2. The molecule has 1 aliphatic carbocycles. The van der Waals surface area contributed by atoms with E-state index in [-0.39, 0.29) is 17.9 Å². The highest BCUT2D eigenvalue weighted by molar-refractivity contribution is 14.1. The fourth-order valence-electron chi connectivity index (χ4n) is 2.68. The summed E-state index contributed by atoms with van der Waals surface area (Å²) in [5.74, 6) is -0.0104. The van der Waals surface area contributed by atoms with Crippen molar-refractivity contribution in [1.82, 2.24) is 4.57 Å². The Morgan fingerprint density at radius 2 is 1.85 bits per heavy atom. The van der Waals surface area contributed by atoms with Crippen LogP contribution in [0, 0.1) is 3.57 Å². The molecule has 1 aliphatic rings. The van der Waals surface area contributed by atoms with Crippen molar-refractivity contribution in [2.75, 3.05) is 0 Å². The van der Waals surface area contributed by atoms with E-state index in [0.29, 0.717) is 5.56 Å². The molecule has 2 aromatic rings. The smallest absolute Gasteiger partial charge is 0.251 e. The van der Waals surface area contributed by atoms with Gasteiger partial charge < -0.3 is 4.57 Å². The predicted octanol–water partition coefficient (Wildman–Crippen LogP) is 2.82. The molecule has 0 unspecified atom stereocenters. The van der Waals surface area contributed by atoms with E-state index in [1.165, 1.54) is 5.56 Å². The average Bonchev–Trinajstić information content (AvgIpc) is 2.91. The van der Waals surface area contributed by atoms with Crippen LogP contribution in [0.4, 0.5) is 0 Å². The molecule has 0 saturated carbocycles. The summed E-state index contributed by atoms with van der Waals surface area (Å²) >= 11 is 2.21. The molecule has 0 aliphatic heterocycles. The molecule has 1 aromatic heterocycles. The van der Waals surface area contributed by atoms with Crippen LogP contribution in [-0.2, 0) is 19.4 Å². The lowest BCUT2D eigenvalue weighted by atomic mass is 10.1. The number of rotatable bonds is 3. The lowest BCUT2D eigenvalue weighted by molar-refractivity contribution is 0.0970. The SMILES string of the molecule is O=C(Cn1c2c(ccc1=O)CCC2)c1ccc(I)cc1. The van der Waals surface area contributed by atoms with E-state index in [0.717, 1.165) is 28.5 Å². The number of aryl methyl sites for hydroxylation is 1. The number of fused-ring (bicyclic) bond motifs is 1. The number of carbonyl (C=O) groups is 1. The van der Waals surface area contributed by atoms with Gasteiger partial charge in [0.15, 0.2) is 5.78 Å². The van der Waals surface area contributed by atoms with Crippen molar-refractivity contribution >= 4 is 28.4 Å². The van der Waals surface area contributed by atoms with E-state index < -0.39 is 0 Å². The molecule has 20 heavy (non-hydrogen) atoms. The van der Waals surface area contributed by atoms with E-state index in [2.05, 4.69) is 22.6 Å². The molecule has 0 spiro atoms. The molecule has 3 nitrogen and oxygen atoms in total. The summed E-state index contributed by atoms with van der Waals surface area (Å²) < 4.78 is 2.74. The average molecular weight is 379 g/mol. The molecular weight excluding hydrogens is 365 g/mol. The molecule has 0 bridgehead atoms. The summed E-state index contributed by atoms with van der Waals surface area (Å²) in [5.41, 5.74) is 2.83. The lowest BCUT2D eigenvalue weighted by Crippen LogP contribution is -2.26. The predicted molar refractivity (Wildman–Crippen MR) is 86.2 cm³/mol. The summed E-state index contributed by atoms with van der Waals surface area (Å²) in [6, 6.07) is 10.9. The maximum absolute atomic E-state index is 12.3. The summed E-state index contributed by atoms with van der Waals surface area (Å²) in [6.45, 7) is 0.141. The van der Waals surface area contributed by atoms with Crippen LogP contribution in [0.15, 0.2) is 41.2 Å². The van der Waals surface area contributed by atoms with Crippen LogP contribution < -0.4 is 5.56 Å². The lowest BCUT2D eigenvalue weighted by Gasteiger charge is -2.11. The van der Waals surface area contributed by atoms with Gasteiger partial charge in [-0.1, -0.05) is 18.2 Å². The number of ketones is 1. The van der Waals surface area contributed by atoms with Crippen LogP contribution in [0.1, 0.15) is 28.0 Å². The second-order valence-corrected chi connectivity index (χ2v) is 6.26. The number of hydrogen-bond donors (Lipinski definition) is 0. The fraction of sp³-hybridized carbons (Fsp3) is 0.250. The van der Waals surface area contributed by atoms with Gasteiger partial charge in [0.1, 0.15) is 0 Å². The van der Waals surface area contributed by atoms with Crippen molar-refractivity contribution in [2.45, 2.75) is 25.8 Å². The number of aromatic nitrogens is 1. The Balaban J connectivity index is 1.92. The van der Waals surface area contributed by atoms with Crippen LogP contribution in [0.5, 0.6) is 0 Å². The van der Waals surface area contributed by atoms with Crippen LogP contribution in [0.25, 0.3) is 0 Å². The van der Waals surface area contributed by atoms with E-state index >= 15 is 0 Å². The molecule has 0 saturated heterocycles. The molecule has 3 rings (SSSR count). The third-order valence-corrected chi connectivity index (χ3v) is 4.44. The molecule has 102 valence electrons. The number of nitrogens with zero attached hydrogens (tertiary/aromatic N) is 1. The first kappa shape index (κ1) is 13.5. The highest BCUT2D eigenvalue weighted by atomic mass is 127. The number of benzene rings is 1. The topological polar surface area (TPSA) is 39.1 Å². The first-order chi connectivity index (χ1) is 9.65. The number of halogens is 1. The Bertz CT molecular complexity index is 716. The van der Waals surface area contributed by atoms with Gasteiger partial charge in [0, 0.05) is 20.9 Å². The van der Waals surface area contributed by atoms with E-state index in [1.807, 2.05) is 30.3 Å². The van der Waals surface area contributed by atoms with Gasteiger partial charge in [-0.05, 0) is 59.5 Å². The van der Waals surface area contributed by atoms with Gasteiger partial charge in [0.05, 0.1) is 6.54 Å². The zero-order valence-electron chi connectivity index (χ0n) is 10.9. The van der Waals surface area contributed by atoms with E-state index in [4.69, 9.17) is 0 Å². The highest BCUT2D eigenvalue weighted by Gasteiger charge is 2.17. The third kappa shape index (κ3) is 2.57. The van der Waals surface area contributed by atoms with Crippen LogP contribution in [0.3, 0.4) is 0 Å². The van der Waals surface area contributed by atoms with Crippen molar-refractivity contribution in [1.29, 1.82) is 0 Å². The van der Waals surface area contributed by atoms with Gasteiger partial charge in [0.25, 0.3) is 5.56 Å². The number of hydrogen-bond acceptors (Lipinski definition) is 2. The first-order valence-corrected chi connectivity index (χ1v) is 7.73. The van der Waals surface area contributed by atoms with Gasteiger partial charge >= 0.3 is 0 Å². The summed E-state index contributed by atoms with van der Waals surface area (Å²) in [7, 11) is 0. The molecule has 0 atom stereocenters. The summed E-state index contributed by atoms with van der Waals surface area (Å²) in [6.07, 6.45) is 2.97. The Morgan fingerprint density at radius 3 is 2.60 bits per heavy atom. The maximum atomic E-state index is 12.3. The second-order valence-electron chi connectivity index (χ2n) is 5.01. The minimum Gasteiger partial charge on any atom is -0.305 e. The Labute approximate surface area is 130 Å². The number of Topliss-reactive ketones (excluding diaryl/α,β-unsaturated/α-hetero) is 1. The quantitative estimate of drug-likeness (QED) is 0.608. The van der Waals surface area contributed by atoms with Gasteiger partial charge in [0.2, 0.25) is 0 Å². The molecule has 0 fully saturated rings. The maximum Gasteiger partial charge on any atom is 0.251 e. The minimum atomic E-state index is -0.0792. The van der Waals surface area contributed by atoms with Gasteiger partial charge in [-0.25, -0.2) is 0 Å². The van der Waals surface area contributed by atoms with Crippen molar-refractivity contribution in [3.05, 3.63) is 67.1 Å². The van der Waals surface area contributed by atoms with Crippen LogP contribution in [0.2, 0.25) is 0 Å². The van der Waals surface area contributed by atoms with E-state index in [9.17, 15) is 9.59 Å². The zero-order chi connectivity index (χ0) is 14.1. The first-order valence-electron chi connectivity index (χ1n) is 6.65. The molecule has 4 heteroatoms. The molecule has 0 radical (unpaired) electrons. The van der Waals surface area contributed by atoms with Gasteiger partial charge in [-0.15, -0.1) is 0 Å². The third-order valence-electron chi connectivity index (χ3n) is 3.72. The fourth-order valence-corrected chi connectivity index (χ4v) is 3.04. The summed E-state index contributed by atoms with van der Waals surface area (Å²) in [4.78, 5) is 24.3. The van der Waals surface area contributed by atoms with Gasteiger partial charge in [-0.3, -0.25) is 9.59 Å². The number of carbonyl (C=O) groups excluding carboxylic acids is 1. The molecule has 0 N–H and O–H groups in total. The summed E-state index contributed by atoms with van der Waals surface area (Å²) in [5, 5.41) is 0. The minimum absolute atomic E-state index is 0.0104. The Kier molecular flexibility index (Phi) is 3.74. The number of pyridine rings is 1. The largest absolute Gasteiger partial charge is 0.305 e. The zero-order valence-corrected chi connectivity index (χ0v) is 13.1. The molecule has 1 aromatic carbocycles. The molecule has 0 amide bonds.